The molecule has 1 fully saturated rings. The zero-order valence-corrected chi connectivity index (χ0v) is 15.9. The maximum absolute atomic E-state index is 12.3. The van der Waals surface area contributed by atoms with Crippen LogP contribution in [-0.2, 0) is 9.53 Å². The summed E-state index contributed by atoms with van der Waals surface area (Å²) in [6.45, 7) is 3.56. The van der Waals surface area contributed by atoms with Crippen molar-refractivity contribution >= 4 is 34.9 Å². The number of benzene rings is 2. The molecule has 0 atom stereocenters. The van der Waals surface area contributed by atoms with Crippen molar-refractivity contribution in [3.05, 3.63) is 59.1 Å². The maximum Gasteiger partial charge on any atom is 0.337 e. The van der Waals surface area contributed by atoms with Crippen molar-refractivity contribution in [1.29, 1.82) is 0 Å². The highest BCUT2D eigenvalue weighted by atomic mass is 35.5. The number of esters is 1. The van der Waals surface area contributed by atoms with Gasteiger partial charge in [0.2, 0.25) is 5.91 Å². The second kappa shape index (κ2) is 8.88. The molecule has 1 aliphatic rings. The number of ether oxygens (including phenoxy) is 1. The molecular formula is C20H22ClN3O3. The van der Waals surface area contributed by atoms with Crippen LogP contribution in [0.5, 0.6) is 0 Å². The first-order valence-electron chi connectivity index (χ1n) is 8.77. The highest BCUT2D eigenvalue weighted by Gasteiger charge is 2.20. The van der Waals surface area contributed by atoms with Crippen molar-refractivity contribution in [1.82, 2.24) is 4.90 Å². The van der Waals surface area contributed by atoms with Gasteiger partial charge in [0.05, 0.1) is 29.9 Å². The molecule has 0 radical (unpaired) electrons. The van der Waals surface area contributed by atoms with Crippen LogP contribution in [0.2, 0.25) is 5.02 Å². The van der Waals surface area contributed by atoms with Gasteiger partial charge in [-0.25, -0.2) is 4.79 Å². The number of hydrogen-bond acceptors (Lipinski definition) is 5. The summed E-state index contributed by atoms with van der Waals surface area (Å²) in [5.74, 6) is -0.476. The first-order valence-corrected chi connectivity index (χ1v) is 9.14. The molecule has 0 aromatic heterocycles. The van der Waals surface area contributed by atoms with E-state index >= 15 is 0 Å². The molecule has 27 heavy (non-hydrogen) atoms. The first-order chi connectivity index (χ1) is 13.1. The molecule has 1 saturated heterocycles. The van der Waals surface area contributed by atoms with Gasteiger partial charge in [-0.15, -0.1) is 0 Å². The van der Waals surface area contributed by atoms with Crippen LogP contribution in [0.4, 0.5) is 11.4 Å². The van der Waals surface area contributed by atoms with Crippen LogP contribution >= 0.6 is 11.6 Å². The second-order valence-electron chi connectivity index (χ2n) is 6.33. The molecular weight excluding hydrogens is 366 g/mol. The number of halogens is 1. The van der Waals surface area contributed by atoms with Crippen molar-refractivity contribution in [2.24, 2.45) is 0 Å². The standard InChI is InChI=1S/C20H22ClN3O3/c1-27-20(26)15-6-8-16(9-7-15)22-19(25)14-23-10-12-24(13-11-23)18-5-3-2-4-17(18)21/h2-9H,10-14H2,1H3,(H,22,25). The Labute approximate surface area is 163 Å². The van der Waals surface area contributed by atoms with Crippen LogP contribution in [0.15, 0.2) is 48.5 Å². The predicted molar refractivity (Wildman–Crippen MR) is 107 cm³/mol. The molecule has 2 aromatic carbocycles. The van der Waals surface area contributed by atoms with Gasteiger partial charge in [0.15, 0.2) is 0 Å². The SMILES string of the molecule is COC(=O)c1ccc(NC(=O)CN2CCN(c3ccccc3Cl)CC2)cc1. The number of rotatable bonds is 5. The molecule has 3 rings (SSSR count). The molecule has 1 N–H and O–H groups in total. The third-order valence-corrected chi connectivity index (χ3v) is 4.84. The monoisotopic (exact) mass is 387 g/mol. The number of hydrogen-bond donors (Lipinski definition) is 1. The molecule has 1 heterocycles. The summed E-state index contributed by atoms with van der Waals surface area (Å²) in [7, 11) is 1.34. The summed E-state index contributed by atoms with van der Waals surface area (Å²) in [4.78, 5) is 28.1. The normalized spacial score (nSPS) is 14.7. The summed E-state index contributed by atoms with van der Waals surface area (Å²) in [6, 6.07) is 14.5. The van der Waals surface area contributed by atoms with Crippen LogP contribution in [0, 0.1) is 0 Å². The maximum atomic E-state index is 12.3. The van der Waals surface area contributed by atoms with Gasteiger partial charge >= 0.3 is 5.97 Å². The fourth-order valence-corrected chi connectivity index (χ4v) is 3.32. The average Bonchev–Trinajstić information content (AvgIpc) is 2.69. The Morgan fingerprint density at radius 1 is 1.04 bits per heavy atom. The quantitative estimate of drug-likeness (QED) is 0.799. The second-order valence-corrected chi connectivity index (χ2v) is 6.74. The Hall–Kier alpha value is -2.57. The smallest absolute Gasteiger partial charge is 0.337 e. The van der Waals surface area contributed by atoms with E-state index in [0.717, 1.165) is 36.9 Å². The molecule has 6 nitrogen and oxygen atoms in total. The number of para-hydroxylation sites is 1. The summed E-state index contributed by atoms with van der Waals surface area (Å²) in [5.41, 5.74) is 2.14. The van der Waals surface area contributed by atoms with Gasteiger partial charge in [0.1, 0.15) is 0 Å². The van der Waals surface area contributed by atoms with Crippen molar-refractivity contribution in [3.8, 4) is 0 Å². The Bertz CT molecular complexity index is 802. The van der Waals surface area contributed by atoms with Crippen molar-refractivity contribution in [2.45, 2.75) is 0 Å². The van der Waals surface area contributed by atoms with Gasteiger partial charge in [-0.2, -0.15) is 0 Å². The van der Waals surface area contributed by atoms with Gasteiger partial charge in [-0.05, 0) is 36.4 Å². The van der Waals surface area contributed by atoms with E-state index < -0.39 is 5.97 Å². The Kier molecular flexibility index (Phi) is 6.32. The van der Waals surface area contributed by atoms with E-state index in [1.54, 1.807) is 24.3 Å². The largest absolute Gasteiger partial charge is 0.465 e. The van der Waals surface area contributed by atoms with Crippen LogP contribution < -0.4 is 10.2 Å². The average molecular weight is 388 g/mol. The van der Waals surface area contributed by atoms with Gasteiger partial charge < -0.3 is 15.0 Å². The summed E-state index contributed by atoms with van der Waals surface area (Å²) in [6.07, 6.45) is 0. The molecule has 1 aliphatic heterocycles. The lowest BCUT2D eigenvalue weighted by molar-refractivity contribution is -0.117. The van der Waals surface area contributed by atoms with Crippen LogP contribution in [-0.4, -0.2) is 56.6 Å². The van der Waals surface area contributed by atoms with Crippen LogP contribution in [0.3, 0.4) is 0 Å². The lowest BCUT2D eigenvalue weighted by Gasteiger charge is -2.36. The fraction of sp³-hybridized carbons (Fsp3) is 0.300. The van der Waals surface area contributed by atoms with E-state index in [0.29, 0.717) is 17.8 Å². The van der Waals surface area contributed by atoms with Crippen molar-refractivity contribution in [3.63, 3.8) is 0 Å². The molecule has 2 aromatic rings. The third-order valence-electron chi connectivity index (χ3n) is 4.52. The zero-order valence-electron chi connectivity index (χ0n) is 15.2. The minimum atomic E-state index is -0.399. The molecule has 7 heteroatoms. The number of amides is 1. The van der Waals surface area contributed by atoms with E-state index in [9.17, 15) is 9.59 Å². The number of nitrogens with zero attached hydrogens (tertiary/aromatic N) is 2. The summed E-state index contributed by atoms with van der Waals surface area (Å²) < 4.78 is 4.66. The van der Waals surface area contributed by atoms with E-state index in [2.05, 4.69) is 19.9 Å². The molecule has 1 amide bonds. The molecule has 0 bridgehead atoms. The topological polar surface area (TPSA) is 61.9 Å². The molecule has 0 spiro atoms. The summed E-state index contributed by atoms with van der Waals surface area (Å²) >= 11 is 6.26. The molecule has 0 saturated carbocycles. The first kappa shape index (κ1) is 19.2. The van der Waals surface area contributed by atoms with Crippen LogP contribution in [0.1, 0.15) is 10.4 Å². The van der Waals surface area contributed by atoms with Crippen LogP contribution in [0.25, 0.3) is 0 Å². The Balaban J connectivity index is 1.48. The molecule has 142 valence electrons. The van der Waals surface area contributed by atoms with Crippen molar-refractivity contribution < 1.29 is 14.3 Å². The Morgan fingerprint density at radius 2 is 1.70 bits per heavy atom. The van der Waals surface area contributed by atoms with E-state index in [1.165, 1.54) is 7.11 Å². The number of anilines is 2. The van der Waals surface area contributed by atoms with Crippen molar-refractivity contribution in [2.75, 3.05) is 50.1 Å². The lowest BCUT2D eigenvalue weighted by Crippen LogP contribution is -2.48. The lowest BCUT2D eigenvalue weighted by atomic mass is 10.2. The third kappa shape index (κ3) is 4.99. The van der Waals surface area contributed by atoms with E-state index in [-0.39, 0.29) is 5.91 Å². The highest BCUT2D eigenvalue weighted by Crippen LogP contribution is 2.26. The predicted octanol–water partition coefficient (Wildman–Crippen LogP) is 2.89. The zero-order chi connectivity index (χ0) is 19.2. The van der Waals surface area contributed by atoms with Gasteiger partial charge in [-0.3, -0.25) is 9.69 Å². The fourth-order valence-electron chi connectivity index (χ4n) is 3.07. The minimum absolute atomic E-state index is 0.0768. The number of carbonyl (C=O) groups excluding carboxylic acids is 2. The highest BCUT2D eigenvalue weighted by molar-refractivity contribution is 6.33. The minimum Gasteiger partial charge on any atom is -0.465 e. The molecule has 0 unspecified atom stereocenters. The number of carbonyl (C=O) groups is 2. The van der Waals surface area contributed by atoms with E-state index in [1.807, 2.05) is 24.3 Å². The number of nitrogens with one attached hydrogen (secondary N) is 1. The Morgan fingerprint density at radius 3 is 2.33 bits per heavy atom. The van der Waals surface area contributed by atoms with Gasteiger partial charge in [0, 0.05) is 31.9 Å². The van der Waals surface area contributed by atoms with Gasteiger partial charge in [0.25, 0.3) is 0 Å². The van der Waals surface area contributed by atoms with E-state index in [4.69, 9.17) is 11.6 Å². The number of methoxy groups -OCH3 is 1. The number of piperazine rings is 1. The molecule has 0 aliphatic carbocycles. The summed E-state index contributed by atoms with van der Waals surface area (Å²) in [5, 5.41) is 3.61. The van der Waals surface area contributed by atoms with Gasteiger partial charge in [-0.1, -0.05) is 23.7 Å².